The number of benzene rings is 3. The van der Waals surface area contributed by atoms with E-state index >= 15 is 0 Å². The Balaban J connectivity index is 1.74. The lowest BCUT2D eigenvalue weighted by atomic mass is 9.92. The molecular weight excluding hydrogens is 340 g/mol. The fourth-order valence-corrected chi connectivity index (χ4v) is 4.42. The van der Waals surface area contributed by atoms with Gasteiger partial charge in [-0.05, 0) is 54.3 Å². The molecule has 0 aromatic heterocycles. The second-order valence-corrected chi connectivity index (χ2v) is 8.04. The molecule has 28 heavy (non-hydrogen) atoms. The first-order valence-electron chi connectivity index (χ1n) is 10.5. The Labute approximate surface area is 169 Å². The van der Waals surface area contributed by atoms with Gasteiger partial charge in [-0.25, -0.2) is 0 Å². The Kier molecular flexibility index (Phi) is 5.78. The molecule has 2 heteroatoms. The third-order valence-corrected chi connectivity index (χ3v) is 6.08. The van der Waals surface area contributed by atoms with Crippen molar-refractivity contribution in [2.45, 2.75) is 44.7 Å². The minimum atomic E-state index is 0.675. The zero-order valence-electron chi connectivity index (χ0n) is 16.8. The number of anilines is 1. The van der Waals surface area contributed by atoms with Crippen molar-refractivity contribution < 1.29 is 0 Å². The Morgan fingerprint density at radius 2 is 1.39 bits per heavy atom. The quantitative estimate of drug-likeness (QED) is 0.529. The van der Waals surface area contributed by atoms with E-state index in [2.05, 4.69) is 84.7 Å². The van der Waals surface area contributed by atoms with Gasteiger partial charge in [0, 0.05) is 23.8 Å². The second-order valence-electron chi connectivity index (χ2n) is 8.04. The first-order valence-corrected chi connectivity index (χ1v) is 10.5. The summed E-state index contributed by atoms with van der Waals surface area (Å²) in [5.74, 6) is 0. The maximum atomic E-state index is 6.71. The summed E-state index contributed by atoms with van der Waals surface area (Å²) in [6.45, 7) is 0.900. The van der Waals surface area contributed by atoms with Crippen molar-refractivity contribution in [3.8, 4) is 22.3 Å². The van der Waals surface area contributed by atoms with Crippen LogP contribution in [0.2, 0.25) is 0 Å². The summed E-state index contributed by atoms with van der Waals surface area (Å²) >= 11 is 0. The van der Waals surface area contributed by atoms with Gasteiger partial charge in [0.05, 0.1) is 0 Å². The van der Waals surface area contributed by atoms with Crippen LogP contribution in [0, 0.1) is 0 Å². The van der Waals surface area contributed by atoms with Gasteiger partial charge < -0.3 is 5.73 Å². The van der Waals surface area contributed by atoms with E-state index in [0.717, 1.165) is 17.8 Å². The molecule has 0 bridgehead atoms. The predicted octanol–water partition coefficient (Wildman–Crippen LogP) is 6.37. The van der Waals surface area contributed by atoms with Crippen molar-refractivity contribution >= 4 is 5.69 Å². The zero-order chi connectivity index (χ0) is 19.3. The molecule has 1 saturated carbocycles. The molecule has 2 nitrogen and oxygen atoms in total. The molecule has 1 aliphatic carbocycles. The average Bonchev–Trinajstić information content (AvgIpc) is 2.77. The van der Waals surface area contributed by atoms with Gasteiger partial charge in [-0.1, -0.05) is 79.9 Å². The molecule has 0 heterocycles. The van der Waals surface area contributed by atoms with Crippen molar-refractivity contribution in [1.29, 1.82) is 0 Å². The Bertz CT molecular complexity index is 896. The maximum absolute atomic E-state index is 6.71. The fourth-order valence-electron chi connectivity index (χ4n) is 4.42. The summed E-state index contributed by atoms with van der Waals surface area (Å²) in [5, 5.41) is 0. The summed E-state index contributed by atoms with van der Waals surface area (Å²) in [6.07, 6.45) is 6.70. The molecule has 0 atom stereocenters. The van der Waals surface area contributed by atoms with Crippen molar-refractivity contribution in [3.63, 3.8) is 0 Å². The van der Waals surface area contributed by atoms with Crippen molar-refractivity contribution in [2.24, 2.45) is 0 Å². The predicted molar refractivity (Wildman–Crippen MR) is 120 cm³/mol. The number of hydrogen-bond acceptors (Lipinski definition) is 2. The Morgan fingerprint density at radius 1 is 0.786 bits per heavy atom. The standard InChI is InChI=1S/C26H30N2/c1-28(24-15-9-4-10-16-24)19-23-17-22(20-11-5-2-6-12-20)18-25(26(23)27)21-13-7-3-8-14-21/h2-3,5-8,11-14,17-18,24H,4,9-10,15-16,19,27H2,1H3. The Morgan fingerprint density at radius 3 is 2.04 bits per heavy atom. The van der Waals surface area contributed by atoms with E-state index < -0.39 is 0 Å². The van der Waals surface area contributed by atoms with E-state index in [1.54, 1.807) is 0 Å². The minimum absolute atomic E-state index is 0.675. The number of nitrogens with two attached hydrogens (primary N) is 1. The van der Waals surface area contributed by atoms with Crippen LogP contribution in [0.1, 0.15) is 37.7 Å². The highest BCUT2D eigenvalue weighted by Crippen LogP contribution is 2.35. The van der Waals surface area contributed by atoms with Crippen molar-refractivity contribution in [1.82, 2.24) is 4.90 Å². The van der Waals surface area contributed by atoms with E-state index in [1.165, 1.54) is 54.4 Å². The van der Waals surface area contributed by atoms with Gasteiger partial charge >= 0.3 is 0 Å². The van der Waals surface area contributed by atoms with Crippen LogP contribution in [-0.2, 0) is 6.54 Å². The van der Waals surface area contributed by atoms with Crippen LogP contribution < -0.4 is 5.73 Å². The van der Waals surface area contributed by atoms with Crippen LogP contribution in [0.4, 0.5) is 5.69 Å². The molecule has 0 amide bonds. The lowest BCUT2D eigenvalue weighted by molar-refractivity contribution is 0.185. The molecule has 0 radical (unpaired) electrons. The molecule has 0 saturated heterocycles. The molecule has 144 valence electrons. The molecule has 3 aromatic carbocycles. The molecule has 1 fully saturated rings. The molecule has 0 aliphatic heterocycles. The van der Waals surface area contributed by atoms with Crippen LogP contribution in [0.15, 0.2) is 72.8 Å². The van der Waals surface area contributed by atoms with Gasteiger partial charge in [-0.2, -0.15) is 0 Å². The molecule has 2 N–H and O–H groups in total. The monoisotopic (exact) mass is 370 g/mol. The van der Waals surface area contributed by atoms with E-state index in [9.17, 15) is 0 Å². The van der Waals surface area contributed by atoms with Crippen LogP contribution in [0.25, 0.3) is 22.3 Å². The molecule has 3 aromatic rings. The molecule has 0 spiro atoms. The van der Waals surface area contributed by atoms with Crippen LogP contribution in [0.3, 0.4) is 0 Å². The highest BCUT2D eigenvalue weighted by molar-refractivity contribution is 5.84. The van der Waals surface area contributed by atoms with Gasteiger partial charge in [-0.3, -0.25) is 4.90 Å². The summed E-state index contributed by atoms with van der Waals surface area (Å²) in [6, 6.07) is 26.3. The fraction of sp³-hybridized carbons (Fsp3) is 0.308. The highest BCUT2D eigenvalue weighted by atomic mass is 15.1. The van der Waals surface area contributed by atoms with E-state index in [4.69, 9.17) is 5.73 Å². The first kappa shape index (κ1) is 18.8. The summed E-state index contributed by atoms with van der Waals surface area (Å²) in [4.78, 5) is 2.51. The van der Waals surface area contributed by atoms with Gasteiger partial charge in [0.15, 0.2) is 0 Å². The highest BCUT2D eigenvalue weighted by Gasteiger charge is 2.20. The summed E-state index contributed by atoms with van der Waals surface area (Å²) in [5.41, 5.74) is 13.6. The Hall–Kier alpha value is -2.58. The maximum Gasteiger partial charge on any atom is 0.0439 e. The molecule has 0 unspecified atom stereocenters. The lowest BCUT2D eigenvalue weighted by Crippen LogP contribution is -2.33. The summed E-state index contributed by atoms with van der Waals surface area (Å²) < 4.78 is 0. The third kappa shape index (κ3) is 4.13. The SMILES string of the molecule is CN(Cc1cc(-c2ccccc2)cc(-c2ccccc2)c1N)C1CCCCC1. The number of rotatable bonds is 5. The van der Waals surface area contributed by atoms with E-state index in [1.807, 2.05) is 0 Å². The summed E-state index contributed by atoms with van der Waals surface area (Å²) in [7, 11) is 2.26. The van der Waals surface area contributed by atoms with Crippen LogP contribution >= 0.6 is 0 Å². The normalized spacial score (nSPS) is 15.1. The lowest BCUT2D eigenvalue weighted by Gasteiger charge is -2.32. The number of nitrogens with zero attached hydrogens (tertiary/aromatic N) is 1. The zero-order valence-corrected chi connectivity index (χ0v) is 16.8. The van der Waals surface area contributed by atoms with Gasteiger partial charge in [-0.15, -0.1) is 0 Å². The van der Waals surface area contributed by atoms with Crippen LogP contribution in [-0.4, -0.2) is 18.0 Å². The molecule has 1 aliphatic rings. The minimum Gasteiger partial charge on any atom is -0.398 e. The van der Waals surface area contributed by atoms with Gasteiger partial charge in [0.1, 0.15) is 0 Å². The van der Waals surface area contributed by atoms with Gasteiger partial charge in [0.2, 0.25) is 0 Å². The van der Waals surface area contributed by atoms with Gasteiger partial charge in [0.25, 0.3) is 0 Å². The first-order chi connectivity index (χ1) is 13.7. The number of hydrogen-bond donors (Lipinski definition) is 1. The third-order valence-electron chi connectivity index (χ3n) is 6.08. The van der Waals surface area contributed by atoms with Crippen LogP contribution in [0.5, 0.6) is 0 Å². The van der Waals surface area contributed by atoms with E-state index in [0.29, 0.717) is 6.04 Å². The van der Waals surface area contributed by atoms with Crippen molar-refractivity contribution in [3.05, 3.63) is 78.4 Å². The smallest absolute Gasteiger partial charge is 0.0439 e. The largest absolute Gasteiger partial charge is 0.398 e. The van der Waals surface area contributed by atoms with E-state index in [-0.39, 0.29) is 0 Å². The topological polar surface area (TPSA) is 29.3 Å². The number of nitrogen functional groups attached to an aromatic ring is 1. The molecular formula is C26H30N2. The molecule has 4 rings (SSSR count). The average molecular weight is 371 g/mol. The second kappa shape index (κ2) is 8.62. The van der Waals surface area contributed by atoms with Crippen molar-refractivity contribution in [2.75, 3.05) is 12.8 Å².